The van der Waals surface area contributed by atoms with Crippen LogP contribution in [0.4, 0.5) is 0 Å². The molecule has 0 aliphatic carbocycles. The number of carboxylic acid groups (broad SMARTS) is 2. The van der Waals surface area contributed by atoms with Crippen LogP contribution in [0.5, 0.6) is 0 Å². The van der Waals surface area contributed by atoms with Crippen LogP contribution in [0.15, 0.2) is 0 Å². The van der Waals surface area contributed by atoms with Crippen molar-refractivity contribution in [1.82, 2.24) is 0 Å². The summed E-state index contributed by atoms with van der Waals surface area (Å²) in [5, 5.41) is 14.8. The van der Waals surface area contributed by atoms with E-state index in [-0.39, 0.29) is 0 Å². The van der Waals surface area contributed by atoms with Gasteiger partial charge in [0.2, 0.25) is 0 Å². The number of carbonyl (C=O) groups is 2. The minimum absolute atomic E-state index is 1.37. The van der Waals surface area contributed by atoms with E-state index in [1.165, 1.54) is 185 Å². The molecule has 0 saturated carbocycles. The van der Waals surface area contributed by atoms with Gasteiger partial charge >= 0.3 is 11.9 Å². The molecule has 0 aliphatic heterocycles. The summed E-state index contributed by atoms with van der Waals surface area (Å²) < 4.78 is 1.48. The van der Waals surface area contributed by atoms with Gasteiger partial charge < -0.3 is 14.7 Å². The second-order valence-corrected chi connectivity index (χ2v) is 11.9. The fourth-order valence-corrected chi connectivity index (χ4v) is 5.58. The third-order valence-electron chi connectivity index (χ3n) is 8.13. The number of hydrogen-bond acceptors (Lipinski definition) is 2. The highest BCUT2D eigenvalue weighted by atomic mass is 16.4. The highest BCUT2D eigenvalue weighted by Gasteiger charge is 2.25. The summed E-state index contributed by atoms with van der Waals surface area (Å²) >= 11 is 0. The molecule has 234 valence electrons. The number of rotatable bonds is 28. The van der Waals surface area contributed by atoms with Crippen molar-refractivity contribution in [2.24, 2.45) is 0 Å². The first-order valence-corrected chi connectivity index (χ1v) is 17.2. The van der Waals surface area contributed by atoms with Crippen LogP contribution >= 0.6 is 0 Å². The summed E-state index contributed by atoms with van der Waals surface area (Å²) in [6, 6.07) is 0. The molecule has 0 saturated heterocycles. The molecule has 0 bridgehead atoms. The molecule has 0 aromatic carbocycles. The molecule has 0 aromatic heterocycles. The standard InChI is InChI=1S/C32H68N.C2H2O4/c1-5-9-13-17-21-25-29-33(30-26-22-18-14-10-6-2,31-27-23-19-15-11-7-3)32-28-24-20-16-12-8-4;3-1(4)2(5)6/h5-32H2,1-4H3;(H,3,4)(H,5,6)/q+1;. The van der Waals surface area contributed by atoms with Gasteiger partial charge in [-0.05, 0) is 51.4 Å². The zero-order valence-electron chi connectivity index (χ0n) is 27.0. The molecule has 5 nitrogen and oxygen atoms in total. The lowest BCUT2D eigenvalue weighted by Gasteiger charge is -2.40. The summed E-state index contributed by atoms with van der Waals surface area (Å²) in [6.45, 7) is 15.3. The first kappa shape index (κ1) is 40.0. The fourth-order valence-electron chi connectivity index (χ4n) is 5.58. The number of nitrogens with zero attached hydrogens (tertiary/aromatic N) is 1. The van der Waals surface area contributed by atoms with Gasteiger partial charge in [-0.3, -0.25) is 0 Å². The van der Waals surface area contributed by atoms with Crippen molar-refractivity contribution in [2.75, 3.05) is 26.2 Å². The summed E-state index contributed by atoms with van der Waals surface area (Å²) in [5.74, 6) is -3.65. The summed E-state index contributed by atoms with van der Waals surface area (Å²) in [4.78, 5) is 18.2. The minimum Gasteiger partial charge on any atom is -0.473 e. The van der Waals surface area contributed by atoms with E-state index in [9.17, 15) is 0 Å². The van der Waals surface area contributed by atoms with Crippen LogP contribution in [-0.4, -0.2) is 52.8 Å². The highest BCUT2D eigenvalue weighted by Crippen LogP contribution is 2.20. The molecule has 0 atom stereocenters. The van der Waals surface area contributed by atoms with Crippen LogP contribution in [0.25, 0.3) is 0 Å². The highest BCUT2D eigenvalue weighted by molar-refractivity contribution is 6.27. The predicted octanol–water partition coefficient (Wildman–Crippen LogP) is 10.4. The Hall–Kier alpha value is -1.10. The lowest BCUT2D eigenvalue weighted by molar-refractivity contribution is -0.929. The number of unbranched alkanes of at least 4 members (excludes halogenated alkanes) is 20. The summed E-state index contributed by atoms with van der Waals surface area (Å²) in [6.07, 6.45) is 34.8. The smallest absolute Gasteiger partial charge is 0.414 e. The van der Waals surface area contributed by atoms with Crippen LogP contribution in [0.1, 0.15) is 182 Å². The van der Waals surface area contributed by atoms with Gasteiger partial charge in [0, 0.05) is 0 Å². The number of quaternary nitrogens is 1. The molecule has 0 unspecified atom stereocenters. The van der Waals surface area contributed by atoms with Gasteiger partial charge in [0.15, 0.2) is 0 Å². The van der Waals surface area contributed by atoms with E-state index in [1.807, 2.05) is 0 Å². The second kappa shape index (κ2) is 31.4. The lowest BCUT2D eigenvalue weighted by atomic mass is 10.0. The van der Waals surface area contributed by atoms with E-state index in [0.29, 0.717) is 0 Å². The van der Waals surface area contributed by atoms with Gasteiger partial charge in [-0.15, -0.1) is 0 Å². The topological polar surface area (TPSA) is 74.6 Å². The van der Waals surface area contributed by atoms with E-state index in [4.69, 9.17) is 19.8 Å². The van der Waals surface area contributed by atoms with E-state index in [2.05, 4.69) is 27.7 Å². The average Bonchev–Trinajstić information content (AvgIpc) is 2.92. The van der Waals surface area contributed by atoms with Gasteiger partial charge in [-0.2, -0.15) is 0 Å². The predicted molar refractivity (Wildman–Crippen MR) is 169 cm³/mol. The lowest BCUT2D eigenvalue weighted by Crippen LogP contribution is -2.50. The largest absolute Gasteiger partial charge is 0.473 e. The number of carboxylic acids is 2. The molecule has 39 heavy (non-hydrogen) atoms. The van der Waals surface area contributed by atoms with Gasteiger partial charge in [0.1, 0.15) is 0 Å². The molecule has 0 rings (SSSR count). The molecule has 0 aromatic rings. The van der Waals surface area contributed by atoms with Crippen molar-refractivity contribution in [3.8, 4) is 0 Å². The molecule has 0 heterocycles. The van der Waals surface area contributed by atoms with E-state index in [1.54, 1.807) is 0 Å². The maximum atomic E-state index is 9.10. The van der Waals surface area contributed by atoms with Crippen LogP contribution in [0.2, 0.25) is 0 Å². The van der Waals surface area contributed by atoms with Gasteiger partial charge in [-0.25, -0.2) is 9.59 Å². The Bertz CT molecular complexity index is 442. The quantitative estimate of drug-likeness (QED) is 0.0571. The van der Waals surface area contributed by atoms with Crippen LogP contribution in [-0.2, 0) is 9.59 Å². The zero-order valence-corrected chi connectivity index (χ0v) is 27.0. The van der Waals surface area contributed by atoms with E-state index in [0.717, 1.165) is 0 Å². The number of aliphatic carboxylic acids is 2. The first-order chi connectivity index (χ1) is 18.9. The van der Waals surface area contributed by atoms with Crippen molar-refractivity contribution in [1.29, 1.82) is 0 Å². The molecule has 0 amide bonds. The molecule has 2 N–H and O–H groups in total. The van der Waals surface area contributed by atoms with Crippen LogP contribution in [0.3, 0.4) is 0 Å². The van der Waals surface area contributed by atoms with Crippen molar-refractivity contribution >= 4 is 11.9 Å². The molecular formula is C34H70NO4+. The second-order valence-electron chi connectivity index (χ2n) is 11.9. The van der Waals surface area contributed by atoms with Crippen molar-refractivity contribution in [3.05, 3.63) is 0 Å². The normalized spacial score (nSPS) is 11.3. The van der Waals surface area contributed by atoms with Crippen molar-refractivity contribution < 1.29 is 24.3 Å². The number of hydrogen-bond donors (Lipinski definition) is 2. The third kappa shape index (κ3) is 29.7. The molecular weight excluding hydrogens is 486 g/mol. The molecule has 5 heteroatoms. The summed E-state index contributed by atoms with van der Waals surface area (Å²) in [5.41, 5.74) is 0. The zero-order chi connectivity index (χ0) is 29.5. The van der Waals surface area contributed by atoms with Gasteiger partial charge in [0.25, 0.3) is 0 Å². The summed E-state index contributed by atoms with van der Waals surface area (Å²) in [7, 11) is 0. The molecule has 0 spiro atoms. The molecule has 0 fully saturated rings. The Morgan fingerprint density at radius 2 is 0.538 bits per heavy atom. The monoisotopic (exact) mass is 557 g/mol. The van der Waals surface area contributed by atoms with Crippen LogP contribution in [0, 0.1) is 0 Å². The Morgan fingerprint density at radius 3 is 0.718 bits per heavy atom. The van der Waals surface area contributed by atoms with E-state index >= 15 is 0 Å². The van der Waals surface area contributed by atoms with Crippen molar-refractivity contribution in [2.45, 2.75) is 182 Å². The third-order valence-corrected chi connectivity index (χ3v) is 8.13. The Morgan fingerprint density at radius 1 is 0.359 bits per heavy atom. The van der Waals surface area contributed by atoms with Gasteiger partial charge in [-0.1, -0.05) is 130 Å². The molecule has 0 aliphatic rings. The molecule has 0 radical (unpaired) electrons. The minimum atomic E-state index is -1.82. The van der Waals surface area contributed by atoms with Gasteiger partial charge in [0.05, 0.1) is 26.2 Å². The van der Waals surface area contributed by atoms with Crippen molar-refractivity contribution in [3.63, 3.8) is 0 Å². The van der Waals surface area contributed by atoms with Crippen LogP contribution < -0.4 is 0 Å². The van der Waals surface area contributed by atoms with E-state index < -0.39 is 11.9 Å². The first-order valence-electron chi connectivity index (χ1n) is 17.2. The Balaban J connectivity index is 0. The maximum Gasteiger partial charge on any atom is 0.414 e. The Kier molecular flexibility index (Phi) is 32.3. The fraction of sp³-hybridized carbons (Fsp3) is 0.941. The maximum absolute atomic E-state index is 9.10. The SMILES string of the molecule is CCCCCCCC[N+](CCCCCCCC)(CCCCCCCC)CCCCCCCC.O=C(O)C(=O)O. The average molecular weight is 557 g/mol. The Labute approximate surface area is 244 Å².